The standard InChI is InChI=1S/C14H30N4O4/c19-11-5-9-17-13(21)15-7-3-1-2-4-8-16-14(22)18-10-6-12-20/h19-20H,1-12H2,(H2,15,17,21)(H2,16,18,22). The van der Waals surface area contributed by atoms with E-state index in [1.807, 2.05) is 0 Å². The molecule has 4 amide bonds. The van der Waals surface area contributed by atoms with Gasteiger partial charge in [-0.1, -0.05) is 12.8 Å². The Kier molecular flexibility index (Phi) is 14.7. The van der Waals surface area contributed by atoms with Gasteiger partial charge in [0.25, 0.3) is 0 Å². The van der Waals surface area contributed by atoms with Crippen molar-refractivity contribution in [2.24, 2.45) is 0 Å². The molecule has 0 spiro atoms. The van der Waals surface area contributed by atoms with Gasteiger partial charge in [-0.2, -0.15) is 0 Å². The Morgan fingerprint density at radius 1 is 0.545 bits per heavy atom. The van der Waals surface area contributed by atoms with Gasteiger partial charge in [-0.3, -0.25) is 0 Å². The molecule has 0 aliphatic heterocycles. The molecule has 0 aliphatic carbocycles. The lowest BCUT2D eigenvalue weighted by atomic mass is 10.2. The molecule has 22 heavy (non-hydrogen) atoms. The quantitative estimate of drug-likeness (QED) is 0.266. The van der Waals surface area contributed by atoms with Crippen molar-refractivity contribution in [2.45, 2.75) is 38.5 Å². The fourth-order valence-electron chi connectivity index (χ4n) is 1.69. The second-order valence-corrected chi connectivity index (χ2v) is 4.93. The molecule has 0 atom stereocenters. The van der Waals surface area contributed by atoms with E-state index in [4.69, 9.17) is 10.2 Å². The van der Waals surface area contributed by atoms with Gasteiger partial charge >= 0.3 is 12.1 Å². The summed E-state index contributed by atoms with van der Waals surface area (Å²) in [5.41, 5.74) is 0. The Labute approximate surface area is 132 Å². The molecule has 0 aromatic carbocycles. The van der Waals surface area contributed by atoms with Crippen LogP contribution < -0.4 is 21.3 Å². The molecule has 0 aliphatic rings. The van der Waals surface area contributed by atoms with Gasteiger partial charge in [0, 0.05) is 39.4 Å². The van der Waals surface area contributed by atoms with Gasteiger partial charge < -0.3 is 31.5 Å². The average molecular weight is 318 g/mol. The van der Waals surface area contributed by atoms with Crippen LogP contribution in [0.5, 0.6) is 0 Å². The fourth-order valence-corrected chi connectivity index (χ4v) is 1.69. The van der Waals surface area contributed by atoms with Crippen LogP contribution >= 0.6 is 0 Å². The molecular weight excluding hydrogens is 288 g/mol. The smallest absolute Gasteiger partial charge is 0.314 e. The summed E-state index contributed by atoms with van der Waals surface area (Å²) in [6.45, 7) is 2.37. The first-order valence-electron chi connectivity index (χ1n) is 7.95. The van der Waals surface area contributed by atoms with Crippen molar-refractivity contribution in [1.82, 2.24) is 21.3 Å². The predicted molar refractivity (Wildman–Crippen MR) is 84.7 cm³/mol. The zero-order valence-corrected chi connectivity index (χ0v) is 13.2. The van der Waals surface area contributed by atoms with Crippen molar-refractivity contribution in [1.29, 1.82) is 0 Å². The maximum atomic E-state index is 11.3. The molecule has 0 radical (unpaired) electrons. The lowest BCUT2D eigenvalue weighted by Gasteiger charge is -2.08. The molecule has 130 valence electrons. The molecule has 8 heteroatoms. The van der Waals surface area contributed by atoms with Gasteiger partial charge in [-0.05, 0) is 25.7 Å². The SMILES string of the molecule is O=C(NCCCO)NCCCCCCNC(=O)NCCCO. The normalized spacial score (nSPS) is 10.1. The van der Waals surface area contributed by atoms with Crippen molar-refractivity contribution < 1.29 is 19.8 Å². The lowest BCUT2D eigenvalue weighted by molar-refractivity contribution is 0.236. The minimum absolute atomic E-state index is 0.0772. The number of amides is 4. The van der Waals surface area contributed by atoms with Crippen molar-refractivity contribution in [3.05, 3.63) is 0 Å². The average Bonchev–Trinajstić information content (AvgIpc) is 2.50. The number of nitrogens with one attached hydrogen (secondary N) is 4. The van der Waals surface area contributed by atoms with Gasteiger partial charge in [0.15, 0.2) is 0 Å². The number of urea groups is 2. The van der Waals surface area contributed by atoms with E-state index in [0.717, 1.165) is 25.7 Å². The Morgan fingerprint density at radius 2 is 0.864 bits per heavy atom. The van der Waals surface area contributed by atoms with Crippen LogP contribution in [0.3, 0.4) is 0 Å². The first-order chi connectivity index (χ1) is 10.7. The highest BCUT2D eigenvalue weighted by atomic mass is 16.3. The minimum Gasteiger partial charge on any atom is -0.396 e. The van der Waals surface area contributed by atoms with Crippen LogP contribution in [0, 0.1) is 0 Å². The van der Waals surface area contributed by atoms with Crippen molar-refractivity contribution >= 4 is 12.1 Å². The van der Waals surface area contributed by atoms with Crippen LogP contribution in [0.4, 0.5) is 9.59 Å². The minimum atomic E-state index is -0.199. The second-order valence-electron chi connectivity index (χ2n) is 4.93. The van der Waals surface area contributed by atoms with Crippen LogP contribution in [0.15, 0.2) is 0 Å². The molecule has 0 saturated heterocycles. The topological polar surface area (TPSA) is 123 Å². The molecule has 6 N–H and O–H groups in total. The number of rotatable bonds is 13. The predicted octanol–water partition coefficient (Wildman–Crippen LogP) is -0.0900. The first-order valence-corrected chi connectivity index (χ1v) is 7.95. The second kappa shape index (κ2) is 15.8. The third-order valence-electron chi connectivity index (χ3n) is 2.92. The molecule has 0 rings (SSSR count). The third kappa shape index (κ3) is 14.9. The number of hydrogen-bond donors (Lipinski definition) is 6. The molecule has 0 bridgehead atoms. The van der Waals surface area contributed by atoms with E-state index in [2.05, 4.69) is 21.3 Å². The number of aliphatic hydroxyl groups is 2. The van der Waals surface area contributed by atoms with E-state index in [0.29, 0.717) is 39.0 Å². The number of carbonyl (C=O) groups excluding carboxylic acids is 2. The lowest BCUT2D eigenvalue weighted by Crippen LogP contribution is -2.37. The summed E-state index contributed by atoms with van der Waals surface area (Å²) >= 11 is 0. The van der Waals surface area contributed by atoms with E-state index in [1.54, 1.807) is 0 Å². The zero-order chi connectivity index (χ0) is 16.5. The highest BCUT2D eigenvalue weighted by Crippen LogP contribution is 1.97. The van der Waals surface area contributed by atoms with Gasteiger partial charge in [-0.15, -0.1) is 0 Å². The maximum absolute atomic E-state index is 11.3. The van der Waals surface area contributed by atoms with Crippen LogP contribution in [0.2, 0.25) is 0 Å². The summed E-state index contributed by atoms with van der Waals surface area (Å²) in [5, 5.41) is 27.9. The van der Waals surface area contributed by atoms with Crippen molar-refractivity contribution in [2.75, 3.05) is 39.4 Å². The number of unbranched alkanes of at least 4 members (excludes halogenated alkanes) is 3. The van der Waals surface area contributed by atoms with Crippen molar-refractivity contribution in [3.8, 4) is 0 Å². The highest BCUT2D eigenvalue weighted by Gasteiger charge is 1.99. The van der Waals surface area contributed by atoms with Gasteiger partial charge in [0.05, 0.1) is 0 Å². The third-order valence-corrected chi connectivity index (χ3v) is 2.92. The summed E-state index contributed by atoms with van der Waals surface area (Å²) in [7, 11) is 0. The van der Waals surface area contributed by atoms with E-state index in [9.17, 15) is 9.59 Å². The van der Waals surface area contributed by atoms with E-state index in [1.165, 1.54) is 0 Å². The Balaban J connectivity index is 3.23. The van der Waals surface area contributed by atoms with Gasteiger partial charge in [-0.25, -0.2) is 9.59 Å². The molecule has 0 fully saturated rings. The fraction of sp³-hybridized carbons (Fsp3) is 0.857. The highest BCUT2D eigenvalue weighted by molar-refractivity contribution is 5.74. The molecule has 0 unspecified atom stereocenters. The maximum Gasteiger partial charge on any atom is 0.314 e. The van der Waals surface area contributed by atoms with Crippen LogP contribution in [0.25, 0.3) is 0 Å². The summed E-state index contributed by atoms with van der Waals surface area (Å²) in [4.78, 5) is 22.5. The molecular formula is C14H30N4O4. The summed E-state index contributed by atoms with van der Waals surface area (Å²) < 4.78 is 0. The summed E-state index contributed by atoms with van der Waals surface area (Å²) in [6.07, 6.45) is 4.91. The molecule has 0 aromatic rings. The number of aliphatic hydroxyl groups excluding tert-OH is 2. The first kappa shape index (κ1) is 20.5. The van der Waals surface area contributed by atoms with E-state index in [-0.39, 0.29) is 25.3 Å². The van der Waals surface area contributed by atoms with Crippen LogP contribution in [-0.4, -0.2) is 61.7 Å². The van der Waals surface area contributed by atoms with Crippen molar-refractivity contribution in [3.63, 3.8) is 0 Å². The van der Waals surface area contributed by atoms with Crippen LogP contribution in [0.1, 0.15) is 38.5 Å². The zero-order valence-electron chi connectivity index (χ0n) is 13.2. The largest absolute Gasteiger partial charge is 0.396 e. The molecule has 0 heterocycles. The molecule has 8 nitrogen and oxygen atoms in total. The summed E-state index contributed by atoms with van der Waals surface area (Å²) in [5.74, 6) is 0. The van der Waals surface area contributed by atoms with Gasteiger partial charge in [0.2, 0.25) is 0 Å². The molecule has 0 saturated carbocycles. The van der Waals surface area contributed by atoms with Gasteiger partial charge in [0.1, 0.15) is 0 Å². The Morgan fingerprint density at radius 3 is 1.18 bits per heavy atom. The van der Waals surface area contributed by atoms with E-state index >= 15 is 0 Å². The van der Waals surface area contributed by atoms with E-state index < -0.39 is 0 Å². The Bertz CT molecular complexity index is 262. The molecule has 0 aromatic heterocycles. The monoisotopic (exact) mass is 318 g/mol. The summed E-state index contributed by atoms with van der Waals surface area (Å²) in [6, 6.07) is -0.399. The number of carbonyl (C=O) groups is 2. The van der Waals surface area contributed by atoms with Crippen LogP contribution in [-0.2, 0) is 0 Å². The number of hydrogen-bond acceptors (Lipinski definition) is 4. The Hall–Kier alpha value is -1.54.